The van der Waals surface area contributed by atoms with E-state index in [4.69, 9.17) is 0 Å². The number of hydrogen-bond acceptors (Lipinski definition) is 6. The van der Waals surface area contributed by atoms with E-state index in [2.05, 4.69) is 21.4 Å². The van der Waals surface area contributed by atoms with Gasteiger partial charge in [0.2, 0.25) is 5.91 Å². The van der Waals surface area contributed by atoms with Crippen LogP contribution in [0.3, 0.4) is 0 Å². The second-order valence-corrected chi connectivity index (χ2v) is 9.79. The summed E-state index contributed by atoms with van der Waals surface area (Å²) in [4.78, 5) is 34.8. The summed E-state index contributed by atoms with van der Waals surface area (Å²) >= 11 is 1.48. The summed E-state index contributed by atoms with van der Waals surface area (Å²) in [5, 5.41) is 12.4. The molecule has 2 amide bonds. The number of benzene rings is 1. The zero-order chi connectivity index (χ0) is 25.5. The second kappa shape index (κ2) is 9.09. The number of halogens is 3. The van der Waals surface area contributed by atoms with Gasteiger partial charge in [-0.05, 0) is 54.3 Å². The molecule has 36 heavy (non-hydrogen) atoms. The lowest BCUT2D eigenvalue weighted by Gasteiger charge is -2.19. The third-order valence-corrected chi connectivity index (χ3v) is 7.66. The fourth-order valence-corrected chi connectivity index (χ4v) is 5.65. The average molecular weight is 512 g/mol. The van der Waals surface area contributed by atoms with Gasteiger partial charge in [-0.25, -0.2) is 0 Å². The summed E-state index contributed by atoms with van der Waals surface area (Å²) in [6.45, 7) is -0.248. The van der Waals surface area contributed by atoms with Crippen molar-refractivity contribution in [1.29, 1.82) is 5.26 Å². The molecule has 0 bridgehead atoms. The van der Waals surface area contributed by atoms with Crippen LogP contribution in [-0.4, -0.2) is 50.9 Å². The van der Waals surface area contributed by atoms with Gasteiger partial charge in [0.1, 0.15) is 11.7 Å². The molecule has 1 atom stereocenters. The van der Waals surface area contributed by atoms with Gasteiger partial charge < -0.3 is 10.2 Å². The summed E-state index contributed by atoms with van der Waals surface area (Å²) in [7, 11) is 0. The monoisotopic (exact) mass is 511 g/mol. The van der Waals surface area contributed by atoms with E-state index in [1.165, 1.54) is 29.1 Å². The largest absolute Gasteiger partial charge is 0.433 e. The molecule has 2 aliphatic rings. The lowest BCUT2D eigenvalue weighted by molar-refractivity contribution is -0.141. The Morgan fingerprint density at radius 1 is 1.14 bits per heavy atom. The molecule has 1 N–H and O–H groups in total. The number of nitriles is 1. The van der Waals surface area contributed by atoms with E-state index in [0.717, 1.165) is 11.6 Å². The van der Waals surface area contributed by atoms with Crippen molar-refractivity contribution in [3.63, 3.8) is 0 Å². The SMILES string of the molecule is N#C[C@@H]1CSCN1C(=O)CNC(=O)c1ccnc2ccc(C3(c4ccnc(C(F)(F)F)c4)CC3)cc12. The molecule has 1 aromatic carbocycles. The Bertz CT molecular complexity index is 1400. The van der Waals surface area contributed by atoms with Gasteiger partial charge in [0, 0.05) is 28.9 Å². The first-order valence-electron chi connectivity index (χ1n) is 11.2. The van der Waals surface area contributed by atoms with E-state index in [-0.39, 0.29) is 12.5 Å². The summed E-state index contributed by atoms with van der Waals surface area (Å²) in [5.74, 6) is 0.134. The molecule has 1 saturated heterocycles. The number of hydrogen-bond donors (Lipinski definition) is 1. The fraction of sp³-hybridized carbons (Fsp3) is 0.320. The summed E-state index contributed by atoms with van der Waals surface area (Å²) in [5.41, 5.74) is 0.659. The number of carbonyl (C=O) groups excluding carboxylic acids is 2. The van der Waals surface area contributed by atoms with Gasteiger partial charge in [0.05, 0.1) is 29.6 Å². The molecule has 2 fully saturated rings. The normalized spacial score (nSPS) is 18.6. The van der Waals surface area contributed by atoms with Crippen molar-refractivity contribution in [2.75, 3.05) is 18.2 Å². The number of nitrogens with one attached hydrogen (secondary N) is 1. The molecule has 1 saturated carbocycles. The lowest BCUT2D eigenvalue weighted by Crippen LogP contribution is -2.42. The maximum Gasteiger partial charge on any atom is 0.433 e. The van der Waals surface area contributed by atoms with Crippen LogP contribution in [0, 0.1) is 11.3 Å². The molecule has 1 aliphatic carbocycles. The van der Waals surface area contributed by atoms with Crippen LogP contribution in [0.2, 0.25) is 0 Å². The molecular formula is C25H20F3N5O2S. The van der Waals surface area contributed by atoms with Gasteiger partial charge in [-0.3, -0.25) is 19.6 Å². The predicted octanol–water partition coefficient (Wildman–Crippen LogP) is 3.88. The highest BCUT2D eigenvalue weighted by Gasteiger charge is 2.47. The molecule has 11 heteroatoms. The number of rotatable bonds is 5. The number of thioether (sulfide) groups is 1. The third-order valence-electron chi connectivity index (χ3n) is 6.64. The topological polar surface area (TPSA) is 99.0 Å². The van der Waals surface area contributed by atoms with Crippen molar-refractivity contribution in [3.05, 3.63) is 71.2 Å². The standard InChI is InChI=1S/C25H20F3N5O2S/c26-25(27,28)21-10-16(3-7-31-21)24(5-6-24)15-1-2-20-19(9-15)18(4-8-30-20)23(35)32-12-22(34)33-14-36-13-17(33)11-29/h1-4,7-10,17H,5-6,12-14H2,(H,32,35)/t17-/m1/s1. The number of carbonyl (C=O) groups is 2. The summed E-state index contributed by atoms with van der Waals surface area (Å²) in [6, 6.07) is 11.2. The highest BCUT2D eigenvalue weighted by Crippen LogP contribution is 2.54. The zero-order valence-electron chi connectivity index (χ0n) is 18.9. The maximum atomic E-state index is 13.2. The van der Waals surface area contributed by atoms with Crippen LogP contribution in [0.5, 0.6) is 0 Å². The molecule has 3 heterocycles. The van der Waals surface area contributed by atoms with Gasteiger partial charge >= 0.3 is 6.18 Å². The van der Waals surface area contributed by atoms with Crippen molar-refractivity contribution in [1.82, 2.24) is 20.2 Å². The number of nitrogens with zero attached hydrogens (tertiary/aromatic N) is 4. The maximum absolute atomic E-state index is 13.2. The number of aromatic nitrogens is 2. The van der Waals surface area contributed by atoms with Crippen LogP contribution < -0.4 is 5.32 Å². The summed E-state index contributed by atoms with van der Waals surface area (Å²) in [6.07, 6.45) is -0.531. The number of amides is 2. The van der Waals surface area contributed by atoms with E-state index < -0.39 is 29.2 Å². The molecular weight excluding hydrogens is 491 g/mol. The minimum absolute atomic E-state index is 0.248. The molecule has 1 aliphatic heterocycles. The van der Waals surface area contributed by atoms with Crippen LogP contribution in [0.25, 0.3) is 10.9 Å². The molecule has 7 nitrogen and oxygen atoms in total. The van der Waals surface area contributed by atoms with Crippen LogP contribution >= 0.6 is 11.8 Å². The smallest absolute Gasteiger partial charge is 0.343 e. The van der Waals surface area contributed by atoms with Crippen molar-refractivity contribution in [2.24, 2.45) is 0 Å². The molecule has 5 rings (SSSR count). The molecule has 0 spiro atoms. The first kappa shape index (κ1) is 24.1. The van der Waals surface area contributed by atoms with E-state index in [9.17, 15) is 28.0 Å². The number of alkyl halides is 3. The average Bonchev–Trinajstić information content (AvgIpc) is 3.55. The minimum Gasteiger partial charge on any atom is -0.343 e. The highest BCUT2D eigenvalue weighted by molar-refractivity contribution is 7.99. The number of pyridine rings is 2. The van der Waals surface area contributed by atoms with E-state index >= 15 is 0 Å². The summed E-state index contributed by atoms with van der Waals surface area (Å²) < 4.78 is 39.7. The molecule has 3 aromatic rings. The quantitative estimate of drug-likeness (QED) is 0.558. The Morgan fingerprint density at radius 3 is 2.61 bits per heavy atom. The highest BCUT2D eigenvalue weighted by atomic mass is 32.2. The van der Waals surface area contributed by atoms with Crippen molar-refractivity contribution in [2.45, 2.75) is 30.5 Å². The van der Waals surface area contributed by atoms with Gasteiger partial charge in [-0.2, -0.15) is 18.4 Å². The van der Waals surface area contributed by atoms with Gasteiger partial charge in [0.15, 0.2) is 0 Å². The third kappa shape index (κ3) is 4.37. The molecule has 0 unspecified atom stereocenters. The van der Waals surface area contributed by atoms with Gasteiger partial charge in [0.25, 0.3) is 5.91 Å². The number of fused-ring (bicyclic) bond motifs is 1. The Hall–Kier alpha value is -3.65. The van der Waals surface area contributed by atoms with Crippen molar-refractivity contribution < 1.29 is 22.8 Å². The molecule has 0 radical (unpaired) electrons. The second-order valence-electron chi connectivity index (χ2n) is 8.79. The Morgan fingerprint density at radius 2 is 1.89 bits per heavy atom. The predicted molar refractivity (Wildman–Crippen MR) is 127 cm³/mol. The van der Waals surface area contributed by atoms with Crippen LogP contribution in [0.15, 0.2) is 48.8 Å². The van der Waals surface area contributed by atoms with Gasteiger partial charge in [-0.15, -0.1) is 11.8 Å². The van der Waals surface area contributed by atoms with E-state index in [0.29, 0.717) is 46.5 Å². The van der Waals surface area contributed by atoms with Gasteiger partial charge in [-0.1, -0.05) is 6.07 Å². The Kier molecular flexibility index (Phi) is 6.08. The van der Waals surface area contributed by atoms with Crippen molar-refractivity contribution >= 4 is 34.5 Å². The van der Waals surface area contributed by atoms with Crippen molar-refractivity contribution in [3.8, 4) is 6.07 Å². The first-order chi connectivity index (χ1) is 17.2. The molecule has 2 aromatic heterocycles. The Labute approximate surface area is 208 Å². The van der Waals surface area contributed by atoms with Crippen LogP contribution in [0.1, 0.15) is 40.0 Å². The molecule has 184 valence electrons. The zero-order valence-corrected chi connectivity index (χ0v) is 19.7. The van der Waals surface area contributed by atoms with E-state index in [1.807, 2.05) is 6.07 Å². The fourth-order valence-electron chi connectivity index (χ4n) is 4.54. The first-order valence-corrected chi connectivity index (χ1v) is 12.4. The lowest BCUT2D eigenvalue weighted by atomic mass is 9.87. The van der Waals surface area contributed by atoms with Crippen LogP contribution in [-0.2, 0) is 16.4 Å². The van der Waals surface area contributed by atoms with Crippen LogP contribution in [0.4, 0.5) is 13.2 Å². The Balaban J connectivity index is 1.42. The minimum atomic E-state index is -4.54. The van der Waals surface area contributed by atoms with E-state index in [1.54, 1.807) is 24.3 Å².